The average molecular weight is 617 g/mol. The predicted octanol–water partition coefficient (Wildman–Crippen LogP) is 6.06. The summed E-state index contributed by atoms with van der Waals surface area (Å²) in [4.78, 5) is 41.2. The second-order valence-electron chi connectivity index (χ2n) is 14.7. The number of aromatic nitrogens is 2. The van der Waals surface area contributed by atoms with Gasteiger partial charge in [-0.05, 0) is 93.2 Å². The van der Waals surface area contributed by atoms with Crippen LogP contribution in [0.4, 0.5) is 13.2 Å². The van der Waals surface area contributed by atoms with E-state index in [-0.39, 0.29) is 29.5 Å². The van der Waals surface area contributed by atoms with Crippen LogP contribution in [0.5, 0.6) is 5.75 Å². The zero-order valence-electron chi connectivity index (χ0n) is 25.7. The lowest BCUT2D eigenvalue weighted by atomic mass is 9.43. The van der Waals surface area contributed by atoms with E-state index in [1.807, 2.05) is 5.32 Å². The fourth-order valence-electron chi connectivity index (χ4n) is 9.69. The highest BCUT2D eigenvalue weighted by molar-refractivity contribution is 5.99. The van der Waals surface area contributed by atoms with Gasteiger partial charge in [-0.25, -0.2) is 4.98 Å². The third kappa shape index (κ3) is 6.13. The standard InChI is InChI=1S/C33H43F3N4O4/c1-30-15-21-16-31(2,18-30)20-32(17-21,19-30)37-13-6-4-3-5-7-14-44-24-10-8-9-22-26(24)28(43)40(29(38-22)33(34,35)36)23-11-12-25(41)39-27(23)42/h8-10,21,23,37H,3-7,11-20H2,1-2H3,(H,39,41,42)/t21?,23-,30-,31+,32?/m0/s1. The number of hydrogen-bond acceptors (Lipinski definition) is 6. The highest BCUT2D eigenvalue weighted by Crippen LogP contribution is 2.66. The van der Waals surface area contributed by atoms with Gasteiger partial charge < -0.3 is 10.1 Å². The van der Waals surface area contributed by atoms with Gasteiger partial charge >= 0.3 is 6.18 Å². The van der Waals surface area contributed by atoms with Crippen molar-refractivity contribution in [2.45, 2.75) is 115 Å². The Morgan fingerprint density at radius 3 is 2.39 bits per heavy atom. The zero-order valence-corrected chi connectivity index (χ0v) is 25.7. The van der Waals surface area contributed by atoms with Crippen molar-refractivity contribution >= 4 is 22.7 Å². The molecule has 2 aromatic rings. The Morgan fingerprint density at radius 1 is 1.00 bits per heavy atom. The first kappa shape index (κ1) is 31.0. The number of alkyl halides is 3. The molecule has 5 fully saturated rings. The van der Waals surface area contributed by atoms with Crippen molar-refractivity contribution in [2.24, 2.45) is 16.7 Å². The second-order valence-corrected chi connectivity index (χ2v) is 14.7. The van der Waals surface area contributed by atoms with Crippen LogP contribution in [0.15, 0.2) is 23.0 Å². The summed E-state index contributed by atoms with van der Waals surface area (Å²) < 4.78 is 48.1. The lowest BCUT2D eigenvalue weighted by Gasteiger charge is -2.65. The molecule has 2 amide bonds. The van der Waals surface area contributed by atoms with Gasteiger partial charge in [0.25, 0.3) is 5.56 Å². The van der Waals surface area contributed by atoms with E-state index in [1.54, 1.807) is 0 Å². The van der Waals surface area contributed by atoms with Gasteiger partial charge in [-0.15, -0.1) is 0 Å². The SMILES string of the molecule is C[C@]12CC3CC(NCCCCCCCOc4cccc5nc(C(F)(F)F)n([C@H]6CCC(=O)NC6=O)c(=O)c45)(C1)C[C@@](C)(C3)C2. The number of halogens is 3. The van der Waals surface area contributed by atoms with Crippen molar-refractivity contribution in [3.8, 4) is 5.75 Å². The first-order chi connectivity index (χ1) is 20.8. The van der Waals surface area contributed by atoms with Crippen LogP contribution >= 0.6 is 0 Å². The summed E-state index contributed by atoms with van der Waals surface area (Å²) in [5.41, 5.74) is 0.154. The zero-order chi connectivity index (χ0) is 31.3. The van der Waals surface area contributed by atoms with Gasteiger partial charge in [-0.3, -0.25) is 24.3 Å². The molecular weight excluding hydrogens is 573 g/mol. The van der Waals surface area contributed by atoms with Gasteiger partial charge in [0.2, 0.25) is 17.6 Å². The molecule has 11 heteroatoms. The normalized spacial score (nSPS) is 31.5. The van der Waals surface area contributed by atoms with E-state index < -0.39 is 35.4 Å². The van der Waals surface area contributed by atoms with Gasteiger partial charge in [-0.2, -0.15) is 13.2 Å². The Balaban J connectivity index is 1.02. The molecule has 44 heavy (non-hydrogen) atoms. The van der Waals surface area contributed by atoms with Crippen LogP contribution in [0, 0.1) is 16.7 Å². The summed E-state index contributed by atoms with van der Waals surface area (Å²) in [5.74, 6) is -2.00. The number of rotatable bonds is 11. The van der Waals surface area contributed by atoms with Crippen molar-refractivity contribution in [2.75, 3.05) is 13.2 Å². The molecule has 0 spiro atoms. The second kappa shape index (κ2) is 11.4. The molecule has 1 saturated heterocycles. The van der Waals surface area contributed by atoms with Crippen LogP contribution < -0.4 is 20.9 Å². The third-order valence-electron chi connectivity index (χ3n) is 10.4. The minimum Gasteiger partial charge on any atom is -0.493 e. The van der Waals surface area contributed by atoms with E-state index >= 15 is 0 Å². The molecule has 7 rings (SSSR count). The van der Waals surface area contributed by atoms with Gasteiger partial charge in [0, 0.05) is 12.0 Å². The Morgan fingerprint density at radius 2 is 1.70 bits per heavy atom. The monoisotopic (exact) mass is 616 g/mol. The number of nitrogens with one attached hydrogen (secondary N) is 2. The molecular formula is C33H43F3N4O4. The molecule has 1 aliphatic heterocycles. The molecule has 5 aliphatic rings. The first-order valence-corrected chi connectivity index (χ1v) is 16.1. The molecule has 5 atom stereocenters. The summed E-state index contributed by atoms with van der Waals surface area (Å²) >= 11 is 0. The fourth-order valence-corrected chi connectivity index (χ4v) is 9.69. The largest absolute Gasteiger partial charge is 0.493 e. The highest BCUT2D eigenvalue weighted by Gasteiger charge is 2.59. The maximum absolute atomic E-state index is 14.0. The number of unbranched alkanes of at least 4 members (excludes halogenated alkanes) is 4. The molecule has 240 valence electrons. The summed E-state index contributed by atoms with van der Waals surface area (Å²) in [6.07, 6.45) is 7.69. The number of ether oxygens (including phenoxy) is 1. The average Bonchev–Trinajstić information content (AvgIpc) is 2.90. The van der Waals surface area contributed by atoms with E-state index in [0.29, 0.717) is 27.5 Å². The number of amides is 2. The van der Waals surface area contributed by atoms with Crippen molar-refractivity contribution in [3.63, 3.8) is 0 Å². The van der Waals surface area contributed by atoms with Crippen molar-refractivity contribution in [3.05, 3.63) is 34.4 Å². The minimum atomic E-state index is -4.98. The first-order valence-electron chi connectivity index (χ1n) is 16.1. The van der Waals surface area contributed by atoms with Crippen LogP contribution in [0.3, 0.4) is 0 Å². The molecule has 4 saturated carbocycles. The lowest BCUT2D eigenvalue weighted by molar-refractivity contribution is -0.150. The summed E-state index contributed by atoms with van der Waals surface area (Å²) in [6.45, 7) is 6.34. The predicted molar refractivity (Wildman–Crippen MR) is 159 cm³/mol. The fraction of sp³-hybridized carbons (Fsp3) is 0.697. The van der Waals surface area contributed by atoms with Crippen LogP contribution in [-0.4, -0.2) is 40.1 Å². The molecule has 4 aliphatic carbocycles. The van der Waals surface area contributed by atoms with Crippen LogP contribution in [0.2, 0.25) is 0 Å². The highest BCUT2D eigenvalue weighted by atomic mass is 19.4. The summed E-state index contributed by atoms with van der Waals surface area (Å²) in [5, 5.41) is 5.91. The molecule has 0 radical (unpaired) electrons. The number of nitrogens with zero attached hydrogens (tertiary/aromatic N) is 2. The van der Waals surface area contributed by atoms with E-state index in [4.69, 9.17) is 4.74 Å². The number of imide groups is 1. The van der Waals surface area contributed by atoms with Crippen molar-refractivity contribution in [1.82, 2.24) is 20.2 Å². The maximum Gasteiger partial charge on any atom is 0.449 e. The number of hydrogen-bond donors (Lipinski definition) is 2. The van der Waals surface area contributed by atoms with Gasteiger partial charge in [0.05, 0.1) is 12.1 Å². The number of benzene rings is 1. The number of piperidine rings is 1. The minimum absolute atomic E-state index is 0.108. The Labute approximate surface area is 255 Å². The quantitative estimate of drug-likeness (QED) is 0.235. The molecule has 4 bridgehead atoms. The van der Waals surface area contributed by atoms with E-state index in [0.717, 1.165) is 44.6 Å². The smallest absolute Gasteiger partial charge is 0.449 e. The Bertz CT molecular complexity index is 1490. The van der Waals surface area contributed by atoms with Gasteiger partial charge in [0.1, 0.15) is 17.2 Å². The number of fused-ring (bicyclic) bond motifs is 1. The molecule has 2 heterocycles. The Hall–Kier alpha value is -2.95. The van der Waals surface area contributed by atoms with Crippen LogP contribution in [0.25, 0.3) is 10.9 Å². The van der Waals surface area contributed by atoms with E-state index in [2.05, 4.69) is 24.1 Å². The van der Waals surface area contributed by atoms with Gasteiger partial charge in [0.15, 0.2) is 0 Å². The third-order valence-corrected chi connectivity index (χ3v) is 10.4. The topological polar surface area (TPSA) is 102 Å². The molecule has 1 aromatic carbocycles. The molecule has 2 unspecified atom stereocenters. The molecule has 1 aromatic heterocycles. The summed E-state index contributed by atoms with van der Waals surface area (Å²) in [7, 11) is 0. The van der Waals surface area contributed by atoms with Crippen LogP contribution in [-0.2, 0) is 15.8 Å². The van der Waals surface area contributed by atoms with Crippen LogP contribution in [0.1, 0.15) is 109 Å². The van der Waals surface area contributed by atoms with E-state index in [9.17, 15) is 27.6 Å². The van der Waals surface area contributed by atoms with Gasteiger partial charge in [-0.1, -0.05) is 39.2 Å². The molecule has 2 N–H and O–H groups in total. The summed E-state index contributed by atoms with van der Waals surface area (Å²) in [6, 6.07) is 2.86. The molecule has 8 nitrogen and oxygen atoms in total. The van der Waals surface area contributed by atoms with E-state index in [1.165, 1.54) is 56.7 Å². The van der Waals surface area contributed by atoms with Crippen molar-refractivity contribution in [1.29, 1.82) is 0 Å². The lowest BCUT2D eigenvalue weighted by Crippen LogP contribution is -2.64. The maximum atomic E-state index is 14.0. The van der Waals surface area contributed by atoms with Crippen molar-refractivity contribution < 1.29 is 27.5 Å². The Kier molecular flexibility index (Phi) is 8.08. The number of carbonyl (C=O) groups excluding carboxylic acids is 2. The number of carbonyl (C=O) groups is 2.